The summed E-state index contributed by atoms with van der Waals surface area (Å²) in [5.41, 5.74) is 1.08. The highest BCUT2D eigenvalue weighted by molar-refractivity contribution is 5.84. The summed E-state index contributed by atoms with van der Waals surface area (Å²) in [7, 11) is 3.27. The molecule has 0 bridgehead atoms. The first-order chi connectivity index (χ1) is 9.67. The van der Waals surface area contributed by atoms with Gasteiger partial charge in [-0.2, -0.15) is 0 Å². The third kappa shape index (κ3) is 3.17. The zero-order chi connectivity index (χ0) is 14.5. The van der Waals surface area contributed by atoms with Gasteiger partial charge in [0.15, 0.2) is 0 Å². The van der Waals surface area contributed by atoms with E-state index in [2.05, 4.69) is 5.32 Å². The van der Waals surface area contributed by atoms with Crippen molar-refractivity contribution in [3.63, 3.8) is 0 Å². The second-order valence-corrected chi connectivity index (χ2v) is 5.01. The van der Waals surface area contributed by atoms with Gasteiger partial charge in [-0.15, -0.1) is 0 Å². The first-order valence-corrected chi connectivity index (χ1v) is 6.80. The number of rotatable bonds is 6. The number of ether oxygens (including phenoxy) is 2. The maximum Gasteiger partial charge on any atom is 0.241 e. The van der Waals surface area contributed by atoms with E-state index in [0.29, 0.717) is 13.2 Å². The predicted molar refractivity (Wildman–Crippen MR) is 76.2 cm³/mol. The maximum absolute atomic E-state index is 12.3. The molecule has 0 saturated carbocycles. The summed E-state index contributed by atoms with van der Waals surface area (Å²) >= 11 is 0. The molecule has 20 heavy (non-hydrogen) atoms. The summed E-state index contributed by atoms with van der Waals surface area (Å²) in [6, 6.07) is 9.79. The molecule has 2 rings (SSSR count). The lowest BCUT2D eigenvalue weighted by Gasteiger charge is -2.28. The Morgan fingerprint density at radius 1 is 1.30 bits per heavy atom. The number of nitrogens with one attached hydrogen (secondary N) is 1. The average molecular weight is 278 g/mol. The molecule has 3 unspecified atom stereocenters. The van der Waals surface area contributed by atoms with E-state index in [0.717, 1.165) is 5.56 Å². The molecule has 1 aromatic carbocycles. The van der Waals surface area contributed by atoms with Crippen LogP contribution < -0.4 is 5.32 Å². The van der Waals surface area contributed by atoms with Crippen LogP contribution in [0.4, 0.5) is 0 Å². The zero-order valence-electron chi connectivity index (χ0n) is 12.2. The van der Waals surface area contributed by atoms with Crippen molar-refractivity contribution in [1.82, 2.24) is 10.2 Å². The number of benzene rings is 1. The molecule has 0 aliphatic carbocycles. The number of methoxy groups -OCH3 is 2. The van der Waals surface area contributed by atoms with Crippen molar-refractivity contribution in [2.24, 2.45) is 0 Å². The highest BCUT2D eigenvalue weighted by atomic mass is 16.5. The van der Waals surface area contributed by atoms with Gasteiger partial charge in [-0.3, -0.25) is 10.1 Å². The Kier molecular flexibility index (Phi) is 5.11. The molecule has 1 aliphatic rings. The summed E-state index contributed by atoms with van der Waals surface area (Å²) in [4.78, 5) is 14.1. The van der Waals surface area contributed by atoms with Crippen LogP contribution in [0.25, 0.3) is 0 Å². The van der Waals surface area contributed by atoms with Crippen LogP contribution >= 0.6 is 0 Å². The van der Waals surface area contributed by atoms with Crippen LogP contribution in [0.5, 0.6) is 0 Å². The summed E-state index contributed by atoms with van der Waals surface area (Å²) in [6.07, 6.45) is -0.226. The van der Waals surface area contributed by atoms with Crippen LogP contribution in [0.2, 0.25) is 0 Å². The van der Waals surface area contributed by atoms with Gasteiger partial charge in [0.1, 0.15) is 6.17 Å². The molecule has 1 fully saturated rings. The molecule has 3 atom stereocenters. The van der Waals surface area contributed by atoms with E-state index >= 15 is 0 Å². The van der Waals surface area contributed by atoms with E-state index < -0.39 is 0 Å². The first kappa shape index (κ1) is 15.0. The van der Waals surface area contributed by atoms with Gasteiger partial charge in [0.2, 0.25) is 5.91 Å². The van der Waals surface area contributed by atoms with Crippen LogP contribution in [0.3, 0.4) is 0 Å². The van der Waals surface area contributed by atoms with E-state index in [9.17, 15) is 4.79 Å². The Balaban J connectivity index is 2.16. The second-order valence-electron chi connectivity index (χ2n) is 5.01. The van der Waals surface area contributed by atoms with E-state index in [1.165, 1.54) is 0 Å². The number of hydrogen-bond donors (Lipinski definition) is 1. The van der Waals surface area contributed by atoms with E-state index in [4.69, 9.17) is 9.47 Å². The molecule has 0 spiro atoms. The van der Waals surface area contributed by atoms with E-state index in [-0.39, 0.29) is 24.2 Å². The lowest BCUT2D eigenvalue weighted by atomic mass is 10.1. The zero-order valence-corrected chi connectivity index (χ0v) is 12.2. The van der Waals surface area contributed by atoms with Crippen LogP contribution in [0, 0.1) is 0 Å². The number of amides is 1. The van der Waals surface area contributed by atoms with Crippen molar-refractivity contribution < 1.29 is 14.3 Å². The number of nitrogens with zero attached hydrogens (tertiary/aromatic N) is 1. The molecule has 1 heterocycles. The lowest BCUT2D eigenvalue weighted by molar-refractivity contribution is -0.132. The largest absolute Gasteiger partial charge is 0.382 e. The van der Waals surface area contributed by atoms with Gasteiger partial charge in [-0.25, -0.2) is 0 Å². The van der Waals surface area contributed by atoms with Gasteiger partial charge in [-0.05, 0) is 12.5 Å². The second kappa shape index (κ2) is 6.83. The number of carbonyl (C=O) groups excluding carboxylic acids is 1. The van der Waals surface area contributed by atoms with Crippen molar-refractivity contribution in [3.05, 3.63) is 35.9 Å². The SMILES string of the molecule is COCC(CN1C(=O)C(C)NC1c1ccccc1)OC. The van der Waals surface area contributed by atoms with Crippen molar-refractivity contribution in [2.45, 2.75) is 25.2 Å². The molecular formula is C15H22N2O3. The number of carbonyl (C=O) groups is 1. The molecule has 0 radical (unpaired) electrons. The predicted octanol–water partition coefficient (Wildman–Crippen LogP) is 1.17. The van der Waals surface area contributed by atoms with E-state index in [1.54, 1.807) is 14.2 Å². The van der Waals surface area contributed by atoms with Gasteiger partial charge in [0, 0.05) is 14.2 Å². The first-order valence-electron chi connectivity index (χ1n) is 6.80. The van der Waals surface area contributed by atoms with Crippen molar-refractivity contribution in [2.75, 3.05) is 27.4 Å². The molecule has 1 saturated heterocycles. The Morgan fingerprint density at radius 3 is 2.60 bits per heavy atom. The maximum atomic E-state index is 12.3. The minimum absolute atomic E-state index is 0.0945. The summed E-state index contributed by atoms with van der Waals surface area (Å²) in [5.74, 6) is 0.0945. The highest BCUT2D eigenvalue weighted by Gasteiger charge is 2.38. The number of hydrogen-bond acceptors (Lipinski definition) is 4. The molecule has 5 nitrogen and oxygen atoms in total. The molecule has 110 valence electrons. The summed E-state index contributed by atoms with van der Waals surface area (Å²) in [5, 5.41) is 3.32. The average Bonchev–Trinajstić information content (AvgIpc) is 2.76. The quantitative estimate of drug-likeness (QED) is 0.848. The van der Waals surface area contributed by atoms with Crippen LogP contribution in [0.15, 0.2) is 30.3 Å². The Bertz CT molecular complexity index is 438. The smallest absolute Gasteiger partial charge is 0.241 e. The van der Waals surface area contributed by atoms with Gasteiger partial charge in [-0.1, -0.05) is 30.3 Å². The molecule has 1 amide bonds. The fraction of sp³-hybridized carbons (Fsp3) is 0.533. The fourth-order valence-corrected chi connectivity index (χ4v) is 2.48. The highest BCUT2D eigenvalue weighted by Crippen LogP contribution is 2.25. The summed E-state index contributed by atoms with van der Waals surface area (Å²) in [6.45, 7) is 2.87. The van der Waals surface area contributed by atoms with Gasteiger partial charge in [0.05, 0.1) is 25.3 Å². The van der Waals surface area contributed by atoms with Crippen molar-refractivity contribution >= 4 is 5.91 Å². The van der Waals surface area contributed by atoms with Crippen LogP contribution in [-0.2, 0) is 14.3 Å². The molecule has 1 N–H and O–H groups in total. The fourth-order valence-electron chi connectivity index (χ4n) is 2.48. The molecule has 1 aromatic rings. The van der Waals surface area contributed by atoms with Gasteiger partial charge in [0.25, 0.3) is 0 Å². The van der Waals surface area contributed by atoms with Crippen molar-refractivity contribution in [3.8, 4) is 0 Å². The van der Waals surface area contributed by atoms with Gasteiger partial charge < -0.3 is 14.4 Å². The molecule has 5 heteroatoms. The van der Waals surface area contributed by atoms with Crippen LogP contribution in [-0.4, -0.2) is 50.3 Å². The third-order valence-corrected chi connectivity index (χ3v) is 3.57. The van der Waals surface area contributed by atoms with E-state index in [1.807, 2.05) is 42.2 Å². The normalized spacial score (nSPS) is 24.1. The third-order valence-electron chi connectivity index (χ3n) is 3.57. The minimum atomic E-state index is -0.180. The monoisotopic (exact) mass is 278 g/mol. The molecular weight excluding hydrogens is 256 g/mol. The minimum Gasteiger partial charge on any atom is -0.382 e. The molecule has 0 aromatic heterocycles. The van der Waals surface area contributed by atoms with Crippen LogP contribution in [0.1, 0.15) is 18.7 Å². The Labute approximate surface area is 119 Å². The topological polar surface area (TPSA) is 50.8 Å². The van der Waals surface area contributed by atoms with Gasteiger partial charge >= 0.3 is 0 Å². The lowest BCUT2D eigenvalue weighted by Crippen LogP contribution is -2.39. The Hall–Kier alpha value is -1.43. The Morgan fingerprint density at radius 2 is 2.00 bits per heavy atom. The molecule has 1 aliphatic heterocycles. The van der Waals surface area contributed by atoms with Crippen molar-refractivity contribution in [1.29, 1.82) is 0 Å². The standard InChI is InChI=1S/C15H22N2O3/c1-11-15(18)17(9-13(20-3)10-19-2)14(16-11)12-7-5-4-6-8-12/h4-8,11,13-14,16H,9-10H2,1-3H3. The summed E-state index contributed by atoms with van der Waals surface area (Å²) < 4.78 is 10.5.